The summed E-state index contributed by atoms with van der Waals surface area (Å²) in [6, 6.07) is 12.1. The van der Waals surface area contributed by atoms with Gasteiger partial charge in [0, 0.05) is 37.8 Å². The predicted octanol–water partition coefficient (Wildman–Crippen LogP) is 3.75. The molecule has 2 aromatic rings. The van der Waals surface area contributed by atoms with Crippen LogP contribution in [-0.2, 0) is 22.3 Å². The fraction of sp³-hybridized carbons (Fsp3) is 0.348. The first-order valence-corrected chi connectivity index (χ1v) is 10.1. The Morgan fingerprint density at radius 3 is 2.52 bits per heavy atom. The van der Waals surface area contributed by atoms with Gasteiger partial charge in [-0.1, -0.05) is 30.3 Å². The van der Waals surface area contributed by atoms with Gasteiger partial charge in [-0.3, -0.25) is 9.69 Å². The third-order valence-corrected chi connectivity index (χ3v) is 4.86. The van der Waals surface area contributed by atoms with Gasteiger partial charge in [0.1, 0.15) is 12.4 Å². The van der Waals surface area contributed by atoms with Crippen LogP contribution in [0.15, 0.2) is 54.6 Å². The van der Waals surface area contributed by atoms with Gasteiger partial charge in [0.25, 0.3) is 0 Å². The molecule has 0 aliphatic carbocycles. The van der Waals surface area contributed by atoms with Crippen LogP contribution in [-0.4, -0.2) is 50.3 Å². The number of carbonyl (C=O) groups is 1. The summed E-state index contributed by atoms with van der Waals surface area (Å²) in [4.78, 5) is 14.4. The van der Waals surface area contributed by atoms with Gasteiger partial charge < -0.3 is 14.8 Å². The van der Waals surface area contributed by atoms with Gasteiger partial charge in [0.15, 0.2) is 0 Å². The fourth-order valence-corrected chi connectivity index (χ4v) is 3.10. The highest BCUT2D eigenvalue weighted by Crippen LogP contribution is 2.29. The number of benzene rings is 2. The molecule has 0 aromatic heterocycles. The molecule has 2 aromatic carbocycles. The third-order valence-electron chi connectivity index (χ3n) is 4.86. The van der Waals surface area contributed by atoms with Gasteiger partial charge in [0.2, 0.25) is 5.91 Å². The number of halogens is 3. The lowest BCUT2D eigenvalue weighted by atomic mass is 10.1. The van der Waals surface area contributed by atoms with E-state index in [1.165, 1.54) is 24.3 Å². The number of nitrogens with zero attached hydrogens (tertiary/aromatic N) is 1. The van der Waals surface area contributed by atoms with Crippen LogP contribution in [0.5, 0.6) is 5.75 Å². The zero-order valence-corrected chi connectivity index (χ0v) is 17.0. The lowest BCUT2D eigenvalue weighted by molar-refractivity contribution is -0.137. The number of hydrogen-bond donors (Lipinski definition) is 1. The molecule has 8 heteroatoms. The molecule has 1 amide bonds. The molecule has 0 spiro atoms. The first-order chi connectivity index (χ1) is 14.9. The van der Waals surface area contributed by atoms with E-state index in [4.69, 9.17) is 9.47 Å². The molecule has 3 rings (SSSR count). The van der Waals surface area contributed by atoms with Gasteiger partial charge in [-0.2, -0.15) is 13.2 Å². The van der Waals surface area contributed by atoms with Crippen molar-refractivity contribution in [3.63, 3.8) is 0 Å². The largest absolute Gasteiger partial charge is 0.492 e. The van der Waals surface area contributed by atoms with Gasteiger partial charge in [-0.25, -0.2) is 0 Å². The maximum Gasteiger partial charge on any atom is 0.416 e. The summed E-state index contributed by atoms with van der Waals surface area (Å²) in [5.74, 6) is 0.366. The Morgan fingerprint density at radius 1 is 1.10 bits per heavy atom. The Hall–Kier alpha value is -2.84. The molecule has 0 bridgehead atoms. The predicted molar refractivity (Wildman–Crippen MR) is 112 cm³/mol. The van der Waals surface area contributed by atoms with Crippen LogP contribution in [0.3, 0.4) is 0 Å². The standard InChI is InChI=1S/C23H25F3N2O3/c24-23(25,26)20-8-5-18(6-9-20)7-10-22(29)27-17-19-3-1-2-4-21(19)31-16-13-28-11-14-30-15-12-28/h1-10H,11-17H2,(H,27,29)/b10-7+. The monoisotopic (exact) mass is 434 g/mol. The molecule has 1 fully saturated rings. The van der Waals surface area contributed by atoms with E-state index in [1.54, 1.807) is 0 Å². The number of hydrogen-bond acceptors (Lipinski definition) is 4. The molecule has 0 radical (unpaired) electrons. The summed E-state index contributed by atoms with van der Waals surface area (Å²) in [5.41, 5.74) is 0.634. The second kappa shape index (κ2) is 11.0. The molecule has 1 aliphatic rings. The molecule has 5 nitrogen and oxygen atoms in total. The van der Waals surface area contributed by atoms with Crippen molar-refractivity contribution in [2.24, 2.45) is 0 Å². The average molecular weight is 434 g/mol. The van der Waals surface area contributed by atoms with E-state index in [2.05, 4.69) is 10.2 Å². The van der Waals surface area contributed by atoms with Gasteiger partial charge in [-0.05, 0) is 29.8 Å². The Balaban J connectivity index is 1.47. The first kappa shape index (κ1) is 22.8. The normalized spacial score (nSPS) is 15.2. The molecule has 166 valence electrons. The number of ether oxygens (including phenoxy) is 2. The van der Waals surface area contributed by atoms with Crippen LogP contribution in [0.2, 0.25) is 0 Å². The highest BCUT2D eigenvalue weighted by atomic mass is 19.4. The van der Waals surface area contributed by atoms with Crippen LogP contribution in [0.4, 0.5) is 13.2 Å². The van der Waals surface area contributed by atoms with Gasteiger partial charge in [0.05, 0.1) is 18.8 Å². The van der Waals surface area contributed by atoms with Crippen LogP contribution in [0.1, 0.15) is 16.7 Å². The van der Waals surface area contributed by atoms with Crippen LogP contribution >= 0.6 is 0 Å². The van der Waals surface area contributed by atoms with Crippen molar-refractivity contribution in [3.8, 4) is 5.75 Å². The summed E-state index contributed by atoms with van der Waals surface area (Å²) < 4.78 is 49.0. The quantitative estimate of drug-likeness (QED) is 0.643. The number of amides is 1. The molecule has 31 heavy (non-hydrogen) atoms. The smallest absolute Gasteiger partial charge is 0.416 e. The van der Waals surface area contributed by atoms with Crippen LogP contribution in [0, 0.1) is 0 Å². The lowest BCUT2D eigenvalue weighted by Gasteiger charge is -2.26. The molecule has 1 saturated heterocycles. The van der Waals surface area contributed by atoms with Crippen molar-refractivity contribution >= 4 is 12.0 Å². The Kier molecular flexibility index (Phi) is 8.08. The van der Waals surface area contributed by atoms with Crippen molar-refractivity contribution in [3.05, 3.63) is 71.3 Å². The van der Waals surface area contributed by atoms with Gasteiger partial charge >= 0.3 is 6.18 Å². The molecule has 1 aliphatic heterocycles. The van der Waals surface area contributed by atoms with Crippen molar-refractivity contribution in [2.75, 3.05) is 39.5 Å². The van der Waals surface area contributed by atoms with E-state index in [0.29, 0.717) is 17.9 Å². The van der Waals surface area contributed by atoms with Crippen LogP contribution < -0.4 is 10.1 Å². The maximum absolute atomic E-state index is 12.6. The van der Waals surface area contributed by atoms with E-state index < -0.39 is 11.7 Å². The summed E-state index contributed by atoms with van der Waals surface area (Å²) in [5, 5.41) is 2.77. The molecular formula is C23H25F3N2O3. The lowest BCUT2D eigenvalue weighted by Crippen LogP contribution is -2.38. The average Bonchev–Trinajstić information content (AvgIpc) is 2.77. The summed E-state index contributed by atoms with van der Waals surface area (Å²) in [6.07, 6.45) is -1.61. The van der Waals surface area contributed by atoms with E-state index in [0.717, 1.165) is 50.5 Å². The summed E-state index contributed by atoms with van der Waals surface area (Å²) in [7, 11) is 0. The second-order valence-electron chi connectivity index (χ2n) is 7.08. The van der Waals surface area contributed by atoms with Crippen molar-refractivity contribution < 1.29 is 27.4 Å². The summed E-state index contributed by atoms with van der Waals surface area (Å²) >= 11 is 0. The van der Waals surface area contributed by atoms with Crippen molar-refractivity contribution in [1.82, 2.24) is 10.2 Å². The zero-order chi connectivity index (χ0) is 22.1. The molecule has 0 saturated carbocycles. The van der Waals surface area contributed by atoms with Crippen molar-refractivity contribution in [2.45, 2.75) is 12.7 Å². The summed E-state index contributed by atoms with van der Waals surface area (Å²) in [6.45, 7) is 4.90. The fourth-order valence-electron chi connectivity index (χ4n) is 3.10. The number of nitrogens with one attached hydrogen (secondary N) is 1. The Labute approximate surface area is 179 Å². The zero-order valence-electron chi connectivity index (χ0n) is 17.0. The molecule has 0 atom stereocenters. The number of alkyl halides is 3. The third kappa shape index (κ3) is 7.41. The molecular weight excluding hydrogens is 409 g/mol. The second-order valence-corrected chi connectivity index (χ2v) is 7.08. The van der Waals surface area contributed by atoms with Crippen molar-refractivity contribution in [1.29, 1.82) is 0 Å². The number of rotatable bonds is 8. The van der Waals surface area contributed by atoms with Gasteiger partial charge in [-0.15, -0.1) is 0 Å². The van der Waals surface area contributed by atoms with E-state index in [-0.39, 0.29) is 12.5 Å². The highest BCUT2D eigenvalue weighted by Gasteiger charge is 2.29. The number of morpholine rings is 1. The topological polar surface area (TPSA) is 50.8 Å². The molecule has 1 N–H and O–H groups in total. The Morgan fingerprint density at radius 2 is 1.81 bits per heavy atom. The number of para-hydroxylation sites is 1. The minimum atomic E-state index is -4.38. The minimum absolute atomic E-state index is 0.282. The maximum atomic E-state index is 12.6. The minimum Gasteiger partial charge on any atom is -0.492 e. The number of carbonyl (C=O) groups excluding carboxylic acids is 1. The van der Waals surface area contributed by atoms with E-state index in [1.807, 2.05) is 24.3 Å². The van der Waals surface area contributed by atoms with E-state index in [9.17, 15) is 18.0 Å². The highest BCUT2D eigenvalue weighted by molar-refractivity contribution is 5.91. The van der Waals surface area contributed by atoms with E-state index >= 15 is 0 Å². The Bertz CT molecular complexity index is 876. The first-order valence-electron chi connectivity index (χ1n) is 10.1. The SMILES string of the molecule is O=C(/C=C/c1ccc(C(F)(F)F)cc1)NCc1ccccc1OCCN1CCOCC1. The van der Waals surface area contributed by atoms with Crippen LogP contribution in [0.25, 0.3) is 6.08 Å². The molecule has 1 heterocycles. The molecule has 0 unspecified atom stereocenters.